The largest absolute Gasteiger partial charge is 0.325 e. The van der Waals surface area contributed by atoms with E-state index in [9.17, 15) is 4.79 Å². The lowest BCUT2D eigenvalue weighted by molar-refractivity contribution is -0.133. The van der Waals surface area contributed by atoms with Crippen molar-refractivity contribution >= 4 is 30.7 Å². The second kappa shape index (κ2) is 8.33. The Labute approximate surface area is 142 Å². The third-order valence-corrected chi connectivity index (χ3v) is 4.29. The van der Waals surface area contributed by atoms with Crippen LogP contribution in [0.5, 0.6) is 0 Å². The summed E-state index contributed by atoms with van der Waals surface area (Å²) in [5.74, 6) is 0.445. The summed E-state index contributed by atoms with van der Waals surface area (Å²) in [5, 5.41) is 12.4. The van der Waals surface area contributed by atoms with Crippen LogP contribution in [0.3, 0.4) is 0 Å². The van der Waals surface area contributed by atoms with Crippen LogP contribution in [0.25, 0.3) is 0 Å². The van der Waals surface area contributed by atoms with E-state index in [0.717, 1.165) is 32.4 Å². The van der Waals surface area contributed by atoms with Gasteiger partial charge in [-0.05, 0) is 42.9 Å². The maximum atomic E-state index is 12.5. The Balaban J connectivity index is 0.00000121. The van der Waals surface area contributed by atoms with E-state index in [1.807, 2.05) is 12.1 Å². The highest BCUT2D eigenvalue weighted by molar-refractivity contribution is 5.85. The zero-order chi connectivity index (χ0) is 13.9. The molecule has 22 heavy (non-hydrogen) atoms. The number of pyridine rings is 1. The summed E-state index contributed by atoms with van der Waals surface area (Å²) in [6, 6.07) is 5.86. The minimum atomic E-state index is -0.232. The zero-order valence-electron chi connectivity index (χ0n) is 12.1. The number of likely N-dealkylation sites (tertiary alicyclic amines) is 1. The van der Waals surface area contributed by atoms with E-state index < -0.39 is 0 Å². The van der Waals surface area contributed by atoms with Crippen molar-refractivity contribution in [3.63, 3.8) is 0 Å². The van der Waals surface area contributed by atoms with E-state index >= 15 is 0 Å². The Morgan fingerprint density at radius 3 is 2.77 bits per heavy atom. The number of hydrogen-bond donors (Lipinski definition) is 1. The molecule has 0 unspecified atom stereocenters. The molecule has 2 saturated heterocycles. The molecule has 0 aliphatic carbocycles. The number of nitriles is 1. The lowest BCUT2D eigenvalue weighted by Gasteiger charge is -2.23. The molecule has 2 aliphatic heterocycles. The van der Waals surface area contributed by atoms with Gasteiger partial charge in [0.15, 0.2) is 0 Å². The maximum absolute atomic E-state index is 12.5. The molecule has 1 N–H and O–H groups in total. The van der Waals surface area contributed by atoms with Crippen LogP contribution >= 0.6 is 24.8 Å². The number of nitrogens with zero attached hydrogens (tertiary/aromatic N) is 3. The Morgan fingerprint density at radius 2 is 2.09 bits per heavy atom. The molecule has 3 rings (SSSR count). The van der Waals surface area contributed by atoms with Crippen molar-refractivity contribution in [1.82, 2.24) is 15.2 Å². The van der Waals surface area contributed by atoms with Gasteiger partial charge in [-0.15, -0.1) is 24.8 Å². The van der Waals surface area contributed by atoms with E-state index in [1.165, 1.54) is 5.56 Å². The first kappa shape index (κ1) is 18.7. The van der Waals surface area contributed by atoms with Crippen LogP contribution in [-0.4, -0.2) is 41.0 Å². The average molecular weight is 343 g/mol. The summed E-state index contributed by atoms with van der Waals surface area (Å²) < 4.78 is 0. The topological polar surface area (TPSA) is 69.0 Å². The maximum Gasteiger partial charge on any atom is 0.240 e. The molecule has 0 saturated carbocycles. The molecule has 0 bridgehead atoms. The third kappa shape index (κ3) is 3.70. The highest BCUT2D eigenvalue weighted by atomic mass is 35.5. The fraction of sp³-hybridized carbons (Fsp3) is 0.533. The van der Waals surface area contributed by atoms with E-state index in [-0.39, 0.29) is 42.8 Å². The predicted octanol–water partition coefficient (Wildman–Crippen LogP) is 1.89. The Morgan fingerprint density at radius 1 is 1.36 bits per heavy atom. The summed E-state index contributed by atoms with van der Waals surface area (Å²) >= 11 is 0. The van der Waals surface area contributed by atoms with Crippen molar-refractivity contribution in [2.24, 2.45) is 0 Å². The second-order valence-electron chi connectivity index (χ2n) is 5.49. The minimum Gasteiger partial charge on any atom is -0.325 e. The molecule has 7 heteroatoms. The summed E-state index contributed by atoms with van der Waals surface area (Å²) in [7, 11) is 0. The molecule has 1 amide bonds. The normalized spacial score (nSPS) is 26.7. The van der Waals surface area contributed by atoms with E-state index in [2.05, 4.69) is 16.4 Å². The number of amides is 1. The van der Waals surface area contributed by atoms with Gasteiger partial charge in [0.2, 0.25) is 5.91 Å². The van der Waals surface area contributed by atoms with Gasteiger partial charge >= 0.3 is 0 Å². The van der Waals surface area contributed by atoms with Gasteiger partial charge in [0.1, 0.15) is 6.04 Å². The van der Waals surface area contributed by atoms with Crippen molar-refractivity contribution in [3.8, 4) is 6.07 Å². The van der Waals surface area contributed by atoms with Crippen molar-refractivity contribution in [2.75, 3.05) is 13.1 Å². The monoisotopic (exact) mass is 342 g/mol. The van der Waals surface area contributed by atoms with Crippen LogP contribution in [0.4, 0.5) is 0 Å². The summed E-state index contributed by atoms with van der Waals surface area (Å²) in [5.41, 5.74) is 1.22. The van der Waals surface area contributed by atoms with Crippen molar-refractivity contribution < 1.29 is 4.79 Å². The molecule has 3 heterocycles. The van der Waals surface area contributed by atoms with Crippen LogP contribution in [0.15, 0.2) is 24.5 Å². The molecular formula is C15H20Cl2N4O. The number of rotatable bonds is 2. The highest BCUT2D eigenvalue weighted by Gasteiger charge is 2.37. The number of carbonyl (C=O) groups excluding carboxylic acids is 1. The van der Waals surface area contributed by atoms with Gasteiger partial charge in [0.25, 0.3) is 0 Å². The molecule has 2 aliphatic rings. The van der Waals surface area contributed by atoms with Crippen LogP contribution in [0.2, 0.25) is 0 Å². The fourth-order valence-electron chi connectivity index (χ4n) is 3.18. The molecule has 1 aromatic rings. The molecule has 1 aromatic heterocycles. The number of nitrogens with one attached hydrogen (secondary N) is 1. The van der Waals surface area contributed by atoms with E-state index in [1.54, 1.807) is 17.3 Å². The van der Waals surface area contributed by atoms with Crippen molar-refractivity contribution in [3.05, 3.63) is 30.1 Å². The predicted molar refractivity (Wildman–Crippen MR) is 88.2 cm³/mol. The molecule has 0 aromatic carbocycles. The average Bonchev–Trinajstić information content (AvgIpc) is 3.16. The Bertz CT molecular complexity index is 534. The molecule has 2 fully saturated rings. The van der Waals surface area contributed by atoms with Gasteiger partial charge in [-0.25, -0.2) is 0 Å². The first-order valence-corrected chi connectivity index (χ1v) is 7.13. The van der Waals surface area contributed by atoms with E-state index in [0.29, 0.717) is 5.92 Å². The van der Waals surface area contributed by atoms with Crippen molar-refractivity contribution in [2.45, 2.75) is 37.3 Å². The Hall–Kier alpha value is -1.35. The number of carbonyl (C=O) groups is 1. The van der Waals surface area contributed by atoms with Gasteiger partial charge in [-0.1, -0.05) is 0 Å². The summed E-state index contributed by atoms with van der Waals surface area (Å²) in [6.45, 7) is 1.53. The molecule has 5 nitrogen and oxygen atoms in total. The molecule has 0 spiro atoms. The quantitative estimate of drug-likeness (QED) is 0.890. The van der Waals surface area contributed by atoms with Crippen LogP contribution < -0.4 is 5.32 Å². The smallest absolute Gasteiger partial charge is 0.240 e. The van der Waals surface area contributed by atoms with Gasteiger partial charge in [-0.2, -0.15) is 5.26 Å². The second-order valence-corrected chi connectivity index (χ2v) is 5.49. The summed E-state index contributed by atoms with van der Waals surface area (Å²) in [4.78, 5) is 18.3. The van der Waals surface area contributed by atoms with Gasteiger partial charge in [0, 0.05) is 25.5 Å². The van der Waals surface area contributed by atoms with Gasteiger partial charge < -0.3 is 10.2 Å². The highest BCUT2D eigenvalue weighted by Crippen LogP contribution is 2.27. The summed E-state index contributed by atoms with van der Waals surface area (Å²) in [6.07, 6.45) is 6.12. The lowest BCUT2D eigenvalue weighted by Crippen LogP contribution is -2.45. The molecular weight excluding hydrogens is 323 g/mol. The molecule has 120 valence electrons. The molecule has 3 atom stereocenters. The van der Waals surface area contributed by atoms with Crippen LogP contribution in [0.1, 0.15) is 30.7 Å². The first-order valence-electron chi connectivity index (χ1n) is 7.13. The number of aromatic nitrogens is 1. The zero-order valence-corrected chi connectivity index (χ0v) is 13.8. The van der Waals surface area contributed by atoms with Crippen LogP contribution in [0, 0.1) is 11.3 Å². The molecule has 0 radical (unpaired) electrons. The van der Waals surface area contributed by atoms with Gasteiger partial charge in [0.05, 0.1) is 12.1 Å². The van der Waals surface area contributed by atoms with Crippen LogP contribution in [-0.2, 0) is 4.79 Å². The lowest BCUT2D eigenvalue weighted by atomic mass is 9.97. The van der Waals surface area contributed by atoms with E-state index in [4.69, 9.17) is 5.26 Å². The first-order chi connectivity index (χ1) is 9.79. The standard InChI is InChI=1S/C15H18N4O.2ClH/c16-9-13-2-1-7-19(13)15(20)14-8-12(10-18-14)11-3-5-17-6-4-11;;/h3-6,12-14,18H,1-2,7-8,10H2;2*1H/t12-,13-,14-;;/m0../s1. The minimum absolute atomic E-state index is 0. The SMILES string of the molecule is Cl.Cl.N#C[C@@H]1CCCN1C(=O)[C@@H]1C[C@H](c2ccncc2)CN1. The fourth-order valence-corrected chi connectivity index (χ4v) is 3.18. The van der Waals surface area contributed by atoms with Crippen molar-refractivity contribution in [1.29, 1.82) is 5.26 Å². The number of halogens is 2. The third-order valence-electron chi connectivity index (χ3n) is 4.29. The number of hydrogen-bond acceptors (Lipinski definition) is 4. The Kier molecular flexibility index (Phi) is 7.08. The van der Waals surface area contributed by atoms with Gasteiger partial charge in [-0.3, -0.25) is 9.78 Å².